The second kappa shape index (κ2) is 19.9. The van der Waals surface area contributed by atoms with Gasteiger partial charge in [0, 0.05) is 23.6 Å². The van der Waals surface area contributed by atoms with Crippen LogP contribution in [-0.2, 0) is 25.4 Å². The van der Waals surface area contributed by atoms with Crippen LogP contribution in [0.15, 0.2) is 51.9 Å². The van der Waals surface area contributed by atoms with Crippen molar-refractivity contribution in [3.63, 3.8) is 0 Å². The van der Waals surface area contributed by atoms with Crippen LogP contribution in [0.4, 0.5) is 0 Å². The molecule has 15 nitrogen and oxygen atoms in total. The predicted octanol–water partition coefficient (Wildman–Crippen LogP) is 0.694. The van der Waals surface area contributed by atoms with E-state index in [1.165, 1.54) is 14.2 Å². The molecular weight excluding hydrogens is 682 g/mol. The number of nitrogens with one attached hydrogen (secondary N) is 1. The summed E-state index contributed by atoms with van der Waals surface area (Å²) < 4.78 is 33.5. The minimum Gasteiger partial charge on any atom is -0.488 e. The van der Waals surface area contributed by atoms with Gasteiger partial charge < -0.3 is 69.2 Å². The van der Waals surface area contributed by atoms with E-state index in [1.807, 2.05) is 65.0 Å². The fourth-order valence-electron chi connectivity index (χ4n) is 6.10. The minimum absolute atomic E-state index is 0.142. The number of aromatic amines is 1. The normalized spacial score (nSPS) is 31.9. The number of methoxy groups -OCH3 is 2. The average molecular weight is 740 g/mol. The number of hydrogen-bond acceptors (Lipinski definition) is 14. The molecule has 0 bridgehead atoms. The quantitative estimate of drug-likeness (QED) is 0.0862. The van der Waals surface area contributed by atoms with Crippen molar-refractivity contribution in [2.24, 2.45) is 5.92 Å². The molecule has 2 aliphatic heterocycles. The molecule has 12 atom stereocenters. The van der Waals surface area contributed by atoms with Crippen LogP contribution in [0.25, 0.3) is 0 Å². The Hall–Kier alpha value is -2.93. The van der Waals surface area contributed by atoms with Crippen LogP contribution < -0.4 is 14.9 Å². The number of aliphatic hydroxyl groups excluding tert-OH is 7. The lowest BCUT2D eigenvalue weighted by atomic mass is 9.94. The van der Waals surface area contributed by atoms with Gasteiger partial charge in [0.1, 0.15) is 48.8 Å². The molecule has 12 unspecified atom stereocenters. The number of H-pyrrole nitrogens is 1. The van der Waals surface area contributed by atoms with Crippen molar-refractivity contribution in [3.05, 3.63) is 68.6 Å². The summed E-state index contributed by atoms with van der Waals surface area (Å²) in [6.07, 6.45) is -4.62. The van der Waals surface area contributed by atoms with Gasteiger partial charge in [-0.1, -0.05) is 48.5 Å². The SMILES string of the molecule is CC=C(C)C(OC1OC(COC2OC(CO)C(O)C(O)C2O)C(O)C(O)C1O)C(C)C=C(C)C=CCC(C)=CCc1[nH]c(OC)c(OC)c(=O)c1C. The Balaban J connectivity index is 1.66. The van der Waals surface area contributed by atoms with Crippen LogP contribution in [0.1, 0.15) is 52.3 Å². The molecular formula is C37H57NO14. The molecule has 0 amide bonds. The molecule has 2 saturated heterocycles. The summed E-state index contributed by atoms with van der Waals surface area (Å²) in [6, 6.07) is 0. The van der Waals surface area contributed by atoms with Crippen LogP contribution in [0.5, 0.6) is 11.6 Å². The van der Waals surface area contributed by atoms with Crippen molar-refractivity contribution < 1.29 is 64.2 Å². The maximum Gasteiger partial charge on any atom is 0.238 e. The first-order valence-corrected chi connectivity index (χ1v) is 17.3. The Morgan fingerprint density at radius 1 is 0.904 bits per heavy atom. The summed E-state index contributed by atoms with van der Waals surface area (Å²) in [7, 11) is 2.89. The number of aromatic nitrogens is 1. The topological polar surface area (TPSA) is 230 Å². The van der Waals surface area contributed by atoms with Crippen molar-refractivity contribution in [3.8, 4) is 11.6 Å². The highest BCUT2D eigenvalue weighted by Gasteiger charge is 2.48. The van der Waals surface area contributed by atoms with Gasteiger partial charge in [0.15, 0.2) is 12.6 Å². The summed E-state index contributed by atoms with van der Waals surface area (Å²) in [5.41, 5.74) is 3.95. The molecule has 1 aromatic heterocycles. The molecule has 294 valence electrons. The van der Waals surface area contributed by atoms with Gasteiger partial charge in [0.25, 0.3) is 0 Å². The fourth-order valence-corrected chi connectivity index (χ4v) is 6.10. The average Bonchev–Trinajstić information content (AvgIpc) is 3.12. The molecule has 0 aromatic carbocycles. The lowest BCUT2D eigenvalue weighted by Gasteiger charge is -2.43. The largest absolute Gasteiger partial charge is 0.488 e. The van der Waals surface area contributed by atoms with Crippen LogP contribution in [-0.4, -0.2) is 136 Å². The Morgan fingerprint density at radius 2 is 1.52 bits per heavy atom. The highest BCUT2D eigenvalue weighted by molar-refractivity contribution is 5.40. The summed E-state index contributed by atoms with van der Waals surface area (Å²) in [5, 5.41) is 72.0. The summed E-state index contributed by atoms with van der Waals surface area (Å²) in [6.45, 7) is 10.2. The third kappa shape index (κ3) is 10.6. The number of allylic oxidation sites excluding steroid dienone is 6. The first-order valence-electron chi connectivity index (χ1n) is 17.3. The lowest BCUT2D eigenvalue weighted by Crippen LogP contribution is -2.62. The Labute approximate surface area is 304 Å². The van der Waals surface area contributed by atoms with E-state index in [9.17, 15) is 40.5 Å². The van der Waals surface area contributed by atoms with E-state index in [2.05, 4.69) is 4.98 Å². The van der Waals surface area contributed by atoms with E-state index in [-0.39, 0.29) is 23.0 Å². The Morgan fingerprint density at radius 3 is 2.12 bits per heavy atom. The summed E-state index contributed by atoms with van der Waals surface area (Å²) >= 11 is 0. The highest BCUT2D eigenvalue weighted by atomic mass is 16.7. The molecule has 0 spiro atoms. The molecule has 0 aliphatic carbocycles. The molecule has 52 heavy (non-hydrogen) atoms. The van der Waals surface area contributed by atoms with Crippen LogP contribution >= 0.6 is 0 Å². The standard InChI is InChI=1S/C37H57NO14/c1-9-20(4)33(21(5)15-19(3)12-10-11-18(2)13-14-23-22(6)26(40)34(47-7)35(38-23)48-8)52-37-32(46)30(44)28(42)25(51-37)17-49-36-31(45)29(43)27(41)24(16-39)50-36/h9-10,12-13,15,21,24-25,27-33,36-37,39,41-46H,11,14,16-17H2,1-8H3,(H,38,40). The van der Waals surface area contributed by atoms with Gasteiger partial charge in [-0.25, -0.2) is 0 Å². The van der Waals surface area contributed by atoms with Gasteiger partial charge >= 0.3 is 0 Å². The smallest absolute Gasteiger partial charge is 0.238 e. The number of pyridine rings is 1. The summed E-state index contributed by atoms with van der Waals surface area (Å²) in [5.74, 6) is 0.193. The number of ether oxygens (including phenoxy) is 6. The monoisotopic (exact) mass is 739 g/mol. The van der Waals surface area contributed by atoms with E-state index in [0.29, 0.717) is 18.4 Å². The third-order valence-electron chi connectivity index (χ3n) is 9.48. The molecule has 3 heterocycles. The maximum absolute atomic E-state index is 12.6. The van der Waals surface area contributed by atoms with Gasteiger partial charge in [0.2, 0.25) is 17.1 Å². The van der Waals surface area contributed by atoms with E-state index in [0.717, 1.165) is 22.4 Å². The predicted molar refractivity (Wildman–Crippen MR) is 190 cm³/mol. The number of aliphatic hydroxyl groups is 7. The first-order chi connectivity index (χ1) is 24.6. The van der Waals surface area contributed by atoms with Crippen LogP contribution in [0, 0.1) is 12.8 Å². The fraction of sp³-hybridized carbons (Fsp3) is 0.649. The molecule has 0 saturated carbocycles. The van der Waals surface area contributed by atoms with E-state index >= 15 is 0 Å². The Kier molecular flexibility index (Phi) is 16.7. The molecule has 2 aliphatic rings. The van der Waals surface area contributed by atoms with Gasteiger partial charge in [-0.2, -0.15) is 0 Å². The van der Waals surface area contributed by atoms with Crippen molar-refractivity contribution in [1.82, 2.24) is 4.98 Å². The van der Waals surface area contributed by atoms with Crippen LogP contribution in [0.2, 0.25) is 0 Å². The second-order valence-corrected chi connectivity index (χ2v) is 13.4. The van der Waals surface area contributed by atoms with Gasteiger partial charge in [-0.05, 0) is 46.6 Å². The maximum atomic E-state index is 12.6. The molecule has 1 aromatic rings. The van der Waals surface area contributed by atoms with Crippen LogP contribution in [0.3, 0.4) is 0 Å². The Bertz CT molecular complexity index is 1490. The van der Waals surface area contributed by atoms with Crippen molar-refractivity contribution >= 4 is 0 Å². The zero-order chi connectivity index (χ0) is 38.9. The van der Waals surface area contributed by atoms with E-state index < -0.39 is 80.7 Å². The zero-order valence-corrected chi connectivity index (χ0v) is 31.1. The molecule has 0 radical (unpaired) electrons. The summed E-state index contributed by atoms with van der Waals surface area (Å²) in [4.78, 5) is 15.8. The third-order valence-corrected chi connectivity index (χ3v) is 9.48. The van der Waals surface area contributed by atoms with Gasteiger partial charge in [0.05, 0.1) is 33.5 Å². The van der Waals surface area contributed by atoms with Crippen molar-refractivity contribution in [2.45, 2.75) is 122 Å². The minimum atomic E-state index is -1.67. The zero-order valence-electron chi connectivity index (χ0n) is 31.1. The number of hydrogen-bond donors (Lipinski definition) is 8. The highest BCUT2D eigenvalue weighted by Crippen LogP contribution is 2.30. The van der Waals surface area contributed by atoms with Crippen molar-refractivity contribution in [1.29, 1.82) is 0 Å². The molecule has 8 N–H and O–H groups in total. The molecule has 15 heteroatoms. The van der Waals surface area contributed by atoms with E-state index in [4.69, 9.17) is 28.4 Å². The van der Waals surface area contributed by atoms with Gasteiger partial charge in [-0.3, -0.25) is 4.79 Å². The van der Waals surface area contributed by atoms with Crippen molar-refractivity contribution in [2.75, 3.05) is 27.4 Å². The number of rotatable bonds is 16. The molecule has 3 rings (SSSR count). The molecule has 2 fully saturated rings. The van der Waals surface area contributed by atoms with Gasteiger partial charge in [-0.15, -0.1) is 0 Å². The van der Waals surface area contributed by atoms with E-state index in [1.54, 1.807) is 6.92 Å². The lowest BCUT2D eigenvalue weighted by molar-refractivity contribution is -0.335. The first kappa shape index (κ1) is 43.5. The second-order valence-electron chi connectivity index (χ2n) is 13.4.